The zero-order chi connectivity index (χ0) is 15.3. The summed E-state index contributed by atoms with van der Waals surface area (Å²) in [6, 6.07) is 10.9. The number of hydrogen-bond acceptors (Lipinski definition) is 2. The van der Waals surface area contributed by atoms with Gasteiger partial charge in [0.05, 0.1) is 12.6 Å². The fourth-order valence-electron chi connectivity index (χ4n) is 2.82. The van der Waals surface area contributed by atoms with E-state index in [-0.39, 0.29) is 12.6 Å². The van der Waals surface area contributed by atoms with Crippen molar-refractivity contribution in [2.45, 2.75) is 77.3 Å². The standard InChI is InChI=1S/C19H33NO/c1-3-5-8-14-18(15-9-6-4-2)20-19(16-21)17-12-10-7-11-13-17/h7,10-13,18-21H,3-6,8-9,14-16H2,1-2H3. The summed E-state index contributed by atoms with van der Waals surface area (Å²) in [4.78, 5) is 0. The van der Waals surface area contributed by atoms with E-state index in [1.807, 2.05) is 18.2 Å². The Morgan fingerprint density at radius 3 is 1.95 bits per heavy atom. The highest BCUT2D eigenvalue weighted by atomic mass is 16.3. The lowest BCUT2D eigenvalue weighted by molar-refractivity contribution is 0.225. The SMILES string of the molecule is CCCCCC(CCCCC)NC(CO)c1ccccc1. The molecule has 0 heterocycles. The molecule has 1 rings (SSSR count). The van der Waals surface area contributed by atoms with E-state index in [1.165, 1.54) is 56.9 Å². The molecule has 1 aromatic carbocycles. The summed E-state index contributed by atoms with van der Waals surface area (Å²) >= 11 is 0. The summed E-state index contributed by atoms with van der Waals surface area (Å²) in [7, 11) is 0. The average molecular weight is 291 g/mol. The lowest BCUT2D eigenvalue weighted by atomic mass is 9.99. The van der Waals surface area contributed by atoms with Crippen LogP contribution in [-0.2, 0) is 0 Å². The molecule has 1 aromatic rings. The third-order valence-corrected chi connectivity index (χ3v) is 4.13. The van der Waals surface area contributed by atoms with Crippen molar-refractivity contribution in [2.24, 2.45) is 0 Å². The van der Waals surface area contributed by atoms with Gasteiger partial charge in [0.2, 0.25) is 0 Å². The molecule has 0 bridgehead atoms. The number of rotatable bonds is 12. The molecular weight excluding hydrogens is 258 g/mol. The zero-order valence-electron chi connectivity index (χ0n) is 13.9. The van der Waals surface area contributed by atoms with Crippen LogP contribution in [0.25, 0.3) is 0 Å². The van der Waals surface area contributed by atoms with E-state index in [0.29, 0.717) is 6.04 Å². The summed E-state index contributed by atoms with van der Waals surface area (Å²) in [5.74, 6) is 0. The van der Waals surface area contributed by atoms with E-state index in [9.17, 15) is 5.11 Å². The van der Waals surface area contributed by atoms with Crippen LogP contribution in [0.3, 0.4) is 0 Å². The van der Waals surface area contributed by atoms with E-state index >= 15 is 0 Å². The number of hydrogen-bond donors (Lipinski definition) is 2. The molecule has 0 aliphatic rings. The molecule has 0 spiro atoms. The maximum atomic E-state index is 9.71. The smallest absolute Gasteiger partial charge is 0.0626 e. The molecule has 0 radical (unpaired) electrons. The van der Waals surface area contributed by atoms with Gasteiger partial charge in [0.15, 0.2) is 0 Å². The second-order valence-corrected chi connectivity index (χ2v) is 6.00. The molecule has 2 nitrogen and oxygen atoms in total. The maximum Gasteiger partial charge on any atom is 0.0626 e. The van der Waals surface area contributed by atoms with Gasteiger partial charge in [0, 0.05) is 6.04 Å². The lowest BCUT2D eigenvalue weighted by Crippen LogP contribution is -2.34. The topological polar surface area (TPSA) is 32.3 Å². The third-order valence-electron chi connectivity index (χ3n) is 4.13. The Hall–Kier alpha value is -0.860. The molecular formula is C19H33NO. The van der Waals surface area contributed by atoms with Crippen LogP contribution in [0.2, 0.25) is 0 Å². The number of benzene rings is 1. The molecule has 0 aromatic heterocycles. The Morgan fingerprint density at radius 2 is 1.48 bits per heavy atom. The molecule has 0 amide bonds. The van der Waals surface area contributed by atoms with Gasteiger partial charge in [0.1, 0.15) is 0 Å². The second kappa shape index (κ2) is 11.8. The van der Waals surface area contributed by atoms with E-state index in [1.54, 1.807) is 0 Å². The van der Waals surface area contributed by atoms with Gasteiger partial charge in [-0.25, -0.2) is 0 Å². The zero-order valence-corrected chi connectivity index (χ0v) is 13.9. The van der Waals surface area contributed by atoms with Crippen LogP contribution >= 0.6 is 0 Å². The fraction of sp³-hybridized carbons (Fsp3) is 0.684. The first kappa shape index (κ1) is 18.2. The minimum atomic E-state index is 0.0689. The Labute approximate surface area is 131 Å². The Morgan fingerprint density at radius 1 is 0.905 bits per heavy atom. The number of nitrogens with one attached hydrogen (secondary N) is 1. The van der Waals surface area contributed by atoms with Gasteiger partial charge in [-0.3, -0.25) is 0 Å². The van der Waals surface area contributed by atoms with Crippen LogP contribution in [0.5, 0.6) is 0 Å². The van der Waals surface area contributed by atoms with Gasteiger partial charge in [0.25, 0.3) is 0 Å². The van der Waals surface area contributed by atoms with Gasteiger partial charge in [-0.05, 0) is 18.4 Å². The summed E-state index contributed by atoms with van der Waals surface area (Å²) in [6.07, 6.45) is 10.2. The molecule has 120 valence electrons. The first-order chi connectivity index (χ1) is 10.3. The van der Waals surface area contributed by atoms with Gasteiger partial charge in [-0.2, -0.15) is 0 Å². The number of aliphatic hydroxyl groups is 1. The van der Waals surface area contributed by atoms with E-state index in [2.05, 4.69) is 31.3 Å². The molecule has 0 aliphatic heterocycles. The monoisotopic (exact) mass is 291 g/mol. The first-order valence-corrected chi connectivity index (χ1v) is 8.73. The summed E-state index contributed by atoms with van der Waals surface area (Å²) in [6.45, 7) is 4.67. The van der Waals surface area contributed by atoms with Gasteiger partial charge in [-0.1, -0.05) is 82.7 Å². The first-order valence-electron chi connectivity index (χ1n) is 8.73. The highest BCUT2D eigenvalue weighted by Gasteiger charge is 2.15. The molecule has 0 saturated carbocycles. The number of unbranched alkanes of at least 4 members (excludes halogenated alkanes) is 4. The lowest BCUT2D eigenvalue weighted by Gasteiger charge is -2.25. The van der Waals surface area contributed by atoms with Crippen LogP contribution in [0.4, 0.5) is 0 Å². The molecule has 0 fully saturated rings. The van der Waals surface area contributed by atoms with Crippen LogP contribution in [-0.4, -0.2) is 17.8 Å². The van der Waals surface area contributed by atoms with Crippen molar-refractivity contribution in [3.05, 3.63) is 35.9 Å². The second-order valence-electron chi connectivity index (χ2n) is 6.00. The van der Waals surface area contributed by atoms with Crippen LogP contribution < -0.4 is 5.32 Å². The van der Waals surface area contributed by atoms with E-state index in [0.717, 1.165) is 0 Å². The fourth-order valence-corrected chi connectivity index (χ4v) is 2.82. The highest BCUT2D eigenvalue weighted by molar-refractivity contribution is 5.19. The number of aliphatic hydroxyl groups excluding tert-OH is 1. The van der Waals surface area contributed by atoms with Crippen LogP contribution in [0, 0.1) is 0 Å². The van der Waals surface area contributed by atoms with E-state index in [4.69, 9.17) is 0 Å². The molecule has 1 unspecified atom stereocenters. The predicted octanol–water partition coefficient (Wildman–Crippen LogP) is 4.84. The molecule has 2 heteroatoms. The van der Waals surface area contributed by atoms with Crippen LogP contribution in [0.1, 0.15) is 76.8 Å². The van der Waals surface area contributed by atoms with Crippen molar-refractivity contribution >= 4 is 0 Å². The molecule has 0 saturated heterocycles. The van der Waals surface area contributed by atoms with Crippen molar-refractivity contribution in [3.8, 4) is 0 Å². The van der Waals surface area contributed by atoms with Crippen molar-refractivity contribution < 1.29 is 5.11 Å². The minimum absolute atomic E-state index is 0.0689. The van der Waals surface area contributed by atoms with Gasteiger partial charge in [-0.15, -0.1) is 0 Å². The van der Waals surface area contributed by atoms with Crippen molar-refractivity contribution in [1.82, 2.24) is 5.32 Å². The predicted molar refractivity (Wildman–Crippen MR) is 91.5 cm³/mol. The molecule has 1 atom stereocenters. The average Bonchev–Trinajstić information content (AvgIpc) is 2.53. The largest absolute Gasteiger partial charge is 0.394 e. The van der Waals surface area contributed by atoms with Crippen LogP contribution in [0.15, 0.2) is 30.3 Å². The normalized spacial score (nSPS) is 12.8. The van der Waals surface area contributed by atoms with Gasteiger partial charge < -0.3 is 10.4 Å². The summed E-state index contributed by atoms with van der Waals surface area (Å²) < 4.78 is 0. The summed E-state index contributed by atoms with van der Waals surface area (Å²) in [5.41, 5.74) is 1.19. The highest BCUT2D eigenvalue weighted by Crippen LogP contribution is 2.17. The molecule has 0 aliphatic carbocycles. The molecule has 21 heavy (non-hydrogen) atoms. The van der Waals surface area contributed by atoms with Gasteiger partial charge >= 0.3 is 0 Å². The van der Waals surface area contributed by atoms with Crippen molar-refractivity contribution in [3.63, 3.8) is 0 Å². The van der Waals surface area contributed by atoms with E-state index < -0.39 is 0 Å². The minimum Gasteiger partial charge on any atom is -0.394 e. The Kier molecular flexibility index (Phi) is 10.2. The Bertz CT molecular complexity index is 329. The Balaban J connectivity index is 2.54. The maximum absolute atomic E-state index is 9.71. The third kappa shape index (κ3) is 7.63. The quantitative estimate of drug-likeness (QED) is 0.540. The molecule has 2 N–H and O–H groups in total. The van der Waals surface area contributed by atoms with Crippen molar-refractivity contribution in [1.29, 1.82) is 0 Å². The summed E-state index contributed by atoms with van der Waals surface area (Å²) in [5, 5.41) is 13.4. The van der Waals surface area contributed by atoms with Crippen molar-refractivity contribution in [2.75, 3.05) is 6.61 Å².